The van der Waals surface area contributed by atoms with Crippen LogP contribution in [0.5, 0.6) is 0 Å². The van der Waals surface area contributed by atoms with E-state index in [9.17, 15) is 63.1 Å². The second-order valence-corrected chi connectivity index (χ2v) is 4.50. The molecule has 0 aliphatic heterocycles. The van der Waals surface area contributed by atoms with Gasteiger partial charge in [-0.3, -0.25) is 0 Å². The van der Waals surface area contributed by atoms with E-state index in [1.54, 1.807) is 0 Å². The lowest BCUT2D eigenvalue weighted by Gasteiger charge is -2.29. The van der Waals surface area contributed by atoms with Crippen LogP contribution >= 0.6 is 0 Å². The van der Waals surface area contributed by atoms with Crippen molar-refractivity contribution in [1.29, 1.82) is 0 Å². The predicted molar refractivity (Wildman–Crippen MR) is 56.0 cm³/mol. The lowest BCUT2D eigenvalue weighted by Crippen LogP contribution is -2.62. The predicted octanol–water partition coefficient (Wildman–Crippen LogP) is 1.44. The Morgan fingerprint density at radius 2 is 0.852 bits per heavy atom. The van der Waals surface area contributed by atoms with Crippen molar-refractivity contribution in [1.82, 2.24) is 0 Å². The summed E-state index contributed by atoms with van der Waals surface area (Å²) in [5, 5.41) is 16.0. The Morgan fingerprint density at radius 3 is 1.00 bits per heavy atom. The van der Waals surface area contributed by atoms with Gasteiger partial charge in [-0.15, -0.1) is 0 Å². The number of halogens is 10. The average molecular weight is 426 g/mol. The molecular weight excluding hydrogens is 422 g/mol. The number of alkyl halides is 10. The Kier molecular flexibility index (Phi) is 6.48. The number of rotatable bonds is 6. The highest BCUT2D eigenvalue weighted by atomic mass is 19.4. The normalized spacial score (nSPS) is 19.2. The molecule has 0 aromatic rings. The van der Waals surface area contributed by atoms with Crippen molar-refractivity contribution in [3.05, 3.63) is 0 Å². The minimum absolute atomic E-state index is 2.50. The maximum absolute atomic E-state index is 13.6. The smallest absolute Gasteiger partial charge is 0.437 e. The molecule has 0 spiro atoms. The fraction of sp³-hybridized carbons (Fsp3) is 0.600. The fourth-order valence-electron chi connectivity index (χ4n) is 1.30. The standard InChI is InChI=1S/C10H4F10O7/c11-1(3(21)22)7(13,9(15,16)17)5(25)27-6(26)8(14,10(18,19)20)2(12)4(23)24/h1-2H,(H,21,22)(H,23,24). The number of carbonyl (C=O) groups is 4. The summed E-state index contributed by atoms with van der Waals surface area (Å²) < 4.78 is 130. The SMILES string of the molecule is O=C(O)C(F)C(F)(C(=O)OC(=O)C(F)(C(F)C(=O)O)C(F)(F)F)C(F)(F)F. The van der Waals surface area contributed by atoms with Gasteiger partial charge in [-0.1, -0.05) is 0 Å². The van der Waals surface area contributed by atoms with Crippen LogP contribution in [0.15, 0.2) is 0 Å². The first-order valence-corrected chi connectivity index (χ1v) is 5.77. The molecule has 0 fully saturated rings. The van der Waals surface area contributed by atoms with E-state index in [0.717, 1.165) is 0 Å². The number of esters is 2. The van der Waals surface area contributed by atoms with Crippen molar-refractivity contribution in [2.24, 2.45) is 0 Å². The largest absolute Gasteiger partial charge is 0.479 e. The molecule has 4 unspecified atom stereocenters. The Labute approximate surface area is 139 Å². The number of aliphatic carboxylic acids is 2. The van der Waals surface area contributed by atoms with Crippen LogP contribution in [0, 0.1) is 0 Å². The molecule has 0 aliphatic carbocycles. The third-order valence-corrected chi connectivity index (χ3v) is 2.74. The first kappa shape index (κ1) is 24.4. The summed E-state index contributed by atoms with van der Waals surface area (Å²) in [7, 11) is 0. The lowest BCUT2D eigenvalue weighted by molar-refractivity contribution is -0.266. The highest BCUT2D eigenvalue weighted by Crippen LogP contribution is 2.42. The number of hydrogen-bond acceptors (Lipinski definition) is 5. The molecule has 0 rings (SSSR count). The van der Waals surface area contributed by atoms with Gasteiger partial charge in [0.2, 0.25) is 0 Å². The maximum atomic E-state index is 13.6. The minimum Gasteiger partial charge on any atom is -0.479 e. The van der Waals surface area contributed by atoms with Gasteiger partial charge in [-0.25, -0.2) is 36.7 Å². The van der Waals surface area contributed by atoms with E-state index < -0.39 is 59.9 Å². The summed E-state index contributed by atoms with van der Waals surface area (Å²) >= 11 is 0. The zero-order chi connectivity index (χ0) is 22.2. The molecule has 0 amide bonds. The Bertz CT molecular complexity index is 589. The molecule has 2 N–H and O–H groups in total. The second kappa shape index (κ2) is 7.18. The minimum atomic E-state index is -6.86. The molecule has 156 valence electrons. The van der Waals surface area contributed by atoms with Crippen LogP contribution in [0.4, 0.5) is 43.9 Å². The van der Waals surface area contributed by atoms with Crippen LogP contribution < -0.4 is 0 Å². The lowest BCUT2D eigenvalue weighted by atomic mass is 9.97. The summed E-state index contributed by atoms with van der Waals surface area (Å²) in [6.07, 6.45) is -23.5. The molecule has 0 bridgehead atoms. The van der Waals surface area contributed by atoms with Crippen LogP contribution in [0.2, 0.25) is 0 Å². The maximum Gasteiger partial charge on any atom is 0.437 e. The number of carboxylic acids is 2. The molecule has 0 radical (unpaired) electrons. The van der Waals surface area contributed by atoms with Gasteiger partial charge in [0, 0.05) is 0 Å². The summed E-state index contributed by atoms with van der Waals surface area (Å²) in [5.74, 6) is -14.8. The van der Waals surface area contributed by atoms with Gasteiger partial charge in [0.25, 0.3) is 12.3 Å². The van der Waals surface area contributed by atoms with Gasteiger partial charge in [0.05, 0.1) is 0 Å². The fourth-order valence-corrected chi connectivity index (χ4v) is 1.30. The molecule has 27 heavy (non-hydrogen) atoms. The quantitative estimate of drug-likeness (QED) is 0.375. The molecule has 0 heterocycles. The highest BCUT2D eigenvalue weighted by Gasteiger charge is 2.75. The third kappa shape index (κ3) is 4.05. The average Bonchev–Trinajstić information content (AvgIpc) is 2.48. The van der Waals surface area contributed by atoms with Crippen molar-refractivity contribution in [2.45, 2.75) is 36.0 Å². The summed E-state index contributed by atoms with van der Waals surface area (Å²) in [6.45, 7) is 0. The third-order valence-electron chi connectivity index (χ3n) is 2.74. The van der Waals surface area contributed by atoms with Gasteiger partial charge >= 0.3 is 47.6 Å². The van der Waals surface area contributed by atoms with Gasteiger partial charge in [0.15, 0.2) is 0 Å². The number of carboxylic acid groups (broad SMARTS) is 2. The first-order valence-electron chi connectivity index (χ1n) is 5.77. The van der Waals surface area contributed by atoms with E-state index in [4.69, 9.17) is 10.2 Å². The number of ether oxygens (including phenoxy) is 1. The van der Waals surface area contributed by atoms with Crippen molar-refractivity contribution < 1.29 is 78.0 Å². The monoisotopic (exact) mass is 426 g/mol. The molecule has 7 nitrogen and oxygen atoms in total. The zero-order valence-corrected chi connectivity index (χ0v) is 11.9. The Morgan fingerprint density at radius 1 is 0.630 bits per heavy atom. The second-order valence-electron chi connectivity index (χ2n) is 4.50. The van der Waals surface area contributed by atoms with Gasteiger partial charge in [-0.05, 0) is 0 Å². The van der Waals surface area contributed by atoms with Gasteiger partial charge < -0.3 is 14.9 Å². The van der Waals surface area contributed by atoms with Crippen molar-refractivity contribution in [3.63, 3.8) is 0 Å². The molecule has 17 heteroatoms. The van der Waals surface area contributed by atoms with Crippen molar-refractivity contribution >= 4 is 23.9 Å². The Hall–Kier alpha value is -2.62. The van der Waals surface area contributed by atoms with E-state index >= 15 is 0 Å². The first-order chi connectivity index (χ1) is 11.8. The molecule has 0 aromatic heterocycles. The van der Waals surface area contributed by atoms with Crippen molar-refractivity contribution in [2.75, 3.05) is 0 Å². The van der Waals surface area contributed by atoms with Crippen molar-refractivity contribution in [3.8, 4) is 0 Å². The molecule has 0 aromatic carbocycles. The van der Waals surface area contributed by atoms with E-state index in [2.05, 4.69) is 4.74 Å². The summed E-state index contributed by atoms with van der Waals surface area (Å²) in [5.41, 5.74) is -12.6. The van der Waals surface area contributed by atoms with Gasteiger partial charge in [-0.2, -0.15) is 26.3 Å². The van der Waals surface area contributed by atoms with Gasteiger partial charge in [0.1, 0.15) is 0 Å². The molecule has 0 saturated carbocycles. The van der Waals surface area contributed by atoms with Crippen LogP contribution in [-0.2, 0) is 23.9 Å². The summed E-state index contributed by atoms with van der Waals surface area (Å²) in [6, 6.07) is 0. The van der Waals surface area contributed by atoms with Crippen LogP contribution in [0.25, 0.3) is 0 Å². The zero-order valence-electron chi connectivity index (χ0n) is 11.9. The van der Waals surface area contributed by atoms with Crippen LogP contribution in [0.3, 0.4) is 0 Å². The summed E-state index contributed by atoms with van der Waals surface area (Å²) in [4.78, 5) is 42.3. The molecular formula is C10H4F10O7. The highest BCUT2D eigenvalue weighted by molar-refractivity contribution is 5.99. The molecule has 0 aliphatic rings. The molecule has 0 saturated heterocycles. The van der Waals surface area contributed by atoms with Crippen LogP contribution in [0.1, 0.15) is 0 Å². The van der Waals surface area contributed by atoms with Crippen LogP contribution in [-0.4, -0.2) is 70.1 Å². The van der Waals surface area contributed by atoms with E-state index in [0.29, 0.717) is 0 Å². The number of carbonyl (C=O) groups excluding carboxylic acids is 2. The van der Waals surface area contributed by atoms with E-state index in [1.807, 2.05) is 0 Å². The Balaban J connectivity index is 6.16. The van der Waals surface area contributed by atoms with E-state index in [1.165, 1.54) is 0 Å². The number of hydrogen-bond donors (Lipinski definition) is 2. The topological polar surface area (TPSA) is 118 Å². The molecule has 4 atom stereocenters. The van der Waals surface area contributed by atoms with E-state index in [-0.39, 0.29) is 0 Å².